The second kappa shape index (κ2) is 6.61. The third kappa shape index (κ3) is 3.12. The Labute approximate surface area is 144 Å². The number of carbonyl (C=O) groups excluding carboxylic acids is 2. The molecule has 4 nitrogen and oxygen atoms in total. The van der Waals surface area contributed by atoms with Crippen LogP contribution in [0.3, 0.4) is 0 Å². The molecule has 1 aliphatic rings. The van der Waals surface area contributed by atoms with Gasteiger partial charge in [0.25, 0.3) is 5.91 Å². The van der Waals surface area contributed by atoms with Gasteiger partial charge in [-0.2, -0.15) is 0 Å². The highest BCUT2D eigenvalue weighted by Gasteiger charge is 2.30. The molecule has 0 unspecified atom stereocenters. The molecule has 0 aromatic heterocycles. The molecule has 0 N–H and O–H groups in total. The largest absolute Gasteiger partial charge is 0.327 e. The molecule has 0 bridgehead atoms. The normalized spacial score (nSPS) is 14.9. The number of benzene rings is 2. The fourth-order valence-corrected chi connectivity index (χ4v) is 2.95. The monoisotopic (exact) mass is 346 g/mol. The lowest BCUT2D eigenvalue weighted by molar-refractivity contribution is -0.120. The van der Waals surface area contributed by atoms with Crippen molar-refractivity contribution in [2.75, 3.05) is 24.5 Å². The van der Waals surface area contributed by atoms with Crippen molar-refractivity contribution in [1.29, 1.82) is 0 Å². The number of hydrogen-bond donors (Lipinski definition) is 0. The van der Waals surface area contributed by atoms with Crippen molar-refractivity contribution in [3.05, 3.63) is 64.4 Å². The van der Waals surface area contributed by atoms with E-state index in [2.05, 4.69) is 0 Å². The van der Waals surface area contributed by atoms with E-state index in [1.807, 2.05) is 31.2 Å². The standard InChI is InChI=1S/C18H16ClFN2O2/c1-12-5-7-13(8-6-12)22-10-9-21(11-16(22)23)18(24)17-14(19)3-2-4-15(17)20/h2-8H,9-11H2,1H3. The first-order valence-electron chi connectivity index (χ1n) is 7.57. The maximum absolute atomic E-state index is 13.9. The van der Waals surface area contributed by atoms with Gasteiger partial charge in [0, 0.05) is 18.8 Å². The smallest absolute Gasteiger partial charge is 0.258 e. The number of hydrogen-bond acceptors (Lipinski definition) is 2. The van der Waals surface area contributed by atoms with Crippen LogP contribution in [0.5, 0.6) is 0 Å². The first-order valence-corrected chi connectivity index (χ1v) is 7.95. The number of anilines is 1. The average Bonchev–Trinajstić information content (AvgIpc) is 2.55. The van der Waals surface area contributed by atoms with Gasteiger partial charge < -0.3 is 9.80 Å². The quantitative estimate of drug-likeness (QED) is 0.837. The summed E-state index contributed by atoms with van der Waals surface area (Å²) in [6, 6.07) is 11.7. The Hall–Kier alpha value is -2.40. The highest BCUT2D eigenvalue weighted by Crippen LogP contribution is 2.23. The van der Waals surface area contributed by atoms with Crippen LogP contribution in [0.25, 0.3) is 0 Å². The van der Waals surface area contributed by atoms with E-state index in [0.29, 0.717) is 13.1 Å². The number of piperazine rings is 1. The van der Waals surface area contributed by atoms with Crippen LogP contribution in [-0.4, -0.2) is 36.3 Å². The van der Waals surface area contributed by atoms with E-state index in [9.17, 15) is 14.0 Å². The van der Waals surface area contributed by atoms with Gasteiger partial charge in [-0.3, -0.25) is 9.59 Å². The summed E-state index contributed by atoms with van der Waals surface area (Å²) < 4.78 is 13.9. The van der Waals surface area contributed by atoms with Crippen molar-refractivity contribution >= 4 is 29.1 Å². The van der Waals surface area contributed by atoms with Gasteiger partial charge in [0.15, 0.2) is 0 Å². The van der Waals surface area contributed by atoms with Crippen LogP contribution in [0, 0.1) is 12.7 Å². The predicted octanol–water partition coefficient (Wildman–Crippen LogP) is 3.28. The van der Waals surface area contributed by atoms with Crippen molar-refractivity contribution in [3.8, 4) is 0 Å². The van der Waals surface area contributed by atoms with Crippen molar-refractivity contribution in [1.82, 2.24) is 4.90 Å². The number of nitrogens with zero attached hydrogens (tertiary/aromatic N) is 2. The zero-order valence-corrected chi connectivity index (χ0v) is 13.9. The van der Waals surface area contributed by atoms with Gasteiger partial charge in [-0.25, -0.2) is 4.39 Å². The molecule has 0 aliphatic carbocycles. The summed E-state index contributed by atoms with van der Waals surface area (Å²) in [5.41, 5.74) is 1.71. The Morgan fingerprint density at radius 3 is 2.46 bits per heavy atom. The molecule has 1 heterocycles. The van der Waals surface area contributed by atoms with Crippen LogP contribution in [0.15, 0.2) is 42.5 Å². The van der Waals surface area contributed by atoms with Crippen molar-refractivity contribution in [2.45, 2.75) is 6.92 Å². The number of rotatable bonds is 2. The minimum atomic E-state index is -0.680. The predicted molar refractivity (Wildman–Crippen MR) is 90.8 cm³/mol. The Bertz CT molecular complexity index is 772. The van der Waals surface area contributed by atoms with E-state index in [0.717, 1.165) is 11.3 Å². The molecule has 1 fully saturated rings. The van der Waals surface area contributed by atoms with Gasteiger partial charge in [-0.15, -0.1) is 0 Å². The van der Waals surface area contributed by atoms with Crippen LogP contribution in [-0.2, 0) is 4.79 Å². The van der Waals surface area contributed by atoms with E-state index in [4.69, 9.17) is 11.6 Å². The maximum atomic E-state index is 13.9. The molecule has 6 heteroatoms. The van der Waals surface area contributed by atoms with Crippen LogP contribution in [0.4, 0.5) is 10.1 Å². The minimum Gasteiger partial charge on any atom is -0.327 e. The Morgan fingerprint density at radius 1 is 1.12 bits per heavy atom. The van der Waals surface area contributed by atoms with Crippen LogP contribution in [0.2, 0.25) is 5.02 Å². The maximum Gasteiger partial charge on any atom is 0.258 e. The van der Waals surface area contributed by atoms with Gasteiger partial charge in [0.2, 0.25) is 5.91 Å². The molecule has 1 aliphatic heterocycles. The lowest BCUT2D eigenvalue weighted by Crippen LogP contribution is -2.52. The zero-order valence-electron chi connectivity index (χ0n) is 13.1. The second-order valence-corrected chi connectivity index (χ2v) is 6.11. The first kappa shape index (κ1) is 16.5. The molecule has 124 valence electrons. The Balaban J connectivity index is 1.77. The third-order valence-electron chi connectivity index (χ3n) is 4.03. The topological polar surface area (TPSA) is 40.6 Å². The highest BCUT2D eigenvalue weighted by molar-refractivity contribution is 6.33. The number of carbonyl (C=O) groups is 2. The van der Waals surface area contributed by atoms with E-state index in [-0.39, 0.29) is 23.0 Å². The third-order valence-corrected chi connectivity index (χ3v) is 4.35. The average molecular weight is 347 g/mol. The molecular weight excluding hydrogens is 331 g/mol. The van der Waals surface area contributed by atoms with Gasteiger partial charge in [-0.05, 0) is 31.2 Å². The van der Waals surface area contributed by atoms with E-state index in [1.54, 1.807) is 4.90 Å². The molecule has 2 amide bonds. The summed E-state index contributed by atoms with van der Waals surface area (Å²) in [5, 5.41) is 0.0495. The molecule has 0 atom stereocenters. The highest BCUT2D eigenvalue weighted by atomic mass is 35.5. The number of amides is 2. The van der Waals surface area contributed by atoms with E-state index in [1.165, 1.54) is 23.1 Å². The lowest BCUT2D eigenvalue weighted by atomic mass is 10.1. The molecular formula is C18H16ClFN2O2. The second-order valence-electron chi connectivity index (χ2n) is 5.70. The lowest BCUT2D eigenvalue weighted by Gasteiger charge is -2.34. The number of aryl methyl sites for hydroxylation is 1. The summed E-state index contributed by atoms with van der Waals surface area (Å²) in [6.07, 6.45) is 0. The molecule has 3 rings (SSSR count). The Morgan fingerprint density at radius 2 is 1.83 bits per heavy atom. The van der Waals surface area contributed by atoms with Crippen molar-refractivity contribution in [2.24, 2.45) is 0 Å². The Kier molecular flexibility index (Phi) is 4.53. The summed E-state index contributed by atoms with van der Waals surface area (Å²) in [5.74, 6) is -1.44. The molecule has 2 aromatic carbocycles. The van der Waals surface area contributed by atoms with Crippen molar-refractivity contribution < 1.29 is 14.0 Å². The molecule has 0 spiro atoms. The zero-order chi connectivity index (χ0) is 17.3. The fraction of sp³-hybridized carbons (Fsp3) is 0.222. The molecule has 0 radical (unpaired) electrons. The van der Waals surface area contributed by atoms with Gasteiger partial charge in [0.1, 0.15) is 12.4 Å². The summed E-state index contributed by atoms with van der Waals surface area (Å²) in [4.78, 5) is 27.9. The van der Waals surface area contributed by atoms with Gasteiger partial charge >= 0.3 is 0 Å². The molecule has 1 saturated heterocycles. The van der Waals surface area contributed by atoms with E-state index < -0.39 is 11.7 Å². The van der Waals surface area contributed by atoms with Crippen LogP contribution < -0.4 is 4.90 Å². The fourth-order valence-electron chi connectivity index (χ4n) is 2.70. The first-order chi connectivity index (χ1) is 11.5. The minimum absolute atomic E-state index is 0.0495. The van der Waals surface area contributed by atoms with Crippen molar-refractivity contribution in [3.63, 3.8) is 0 Å². The van der Waals surface area contributed by atoms with Crippen LogP contribution >= 0.6 is 11.6 Å². The van der Waals surface area contributed by atoms with Gasteiger partial charge in [-0.1, -0.05) is 35.4 Å². The van der Waals surface area contributed by atoms with Gasteiger partial charge in [0.05, 0.1) is 10.6 Å². The summed E-state index contributed by atoms with van der Waals surface area (Å²) >= 11 is 5.94. The van der Waals surface area contributed by atoms with Crippen LogP contribution in [0.1, 0.15) is 15.9 Å². The number of halogens is 2. The van der Waals surface area contributed by atoms with E-state index >= 15 is 0 Å². The molecule has 0 saturated carbocycles. The SMILES string of the molecule is Cc1ccc(N2CCN(C(=O)c3c(F)cccc3Cl)CC2=O)cc1. The summed E-state index contributed by atoms with van der Waals surface area (Å²) in [6.45, 7) is 2.56. The molecule has 2 aromatic rings. The molecule has 24 heavy (non-hydrogen) atoms. The summed E-state index contributed by atoms with van der Waals surface area (Å²) in [7, 11) is 0.